The van der Waals surface area contributed by atoms with Gasteiger partial charge in [0, 0.05) is 37.1 Å². The predicted molar refractivity (Wildman–Crippen MR) is 161 cm³/mol. The number of nitrogens with one attached hydrogen (secondary N) is 2. The molecule has 1 aromatic heterocycles. The molecule has 0 saturated carbocycles. The molecule has 0 aliphatic carbocycles. The van der Waals surface area contributed by atoms with E-state index in [1.807, 2.05) is 72.8 Å². The second-order valence-corrected chi connectivity index (χ2v) is 11.3. The van der Waals surface area contributed by atoms with Gasteiger partial charge in [-0.05, 0) is 40.3 Å². The van der Waals surface area contributed by atoms with Crippen molar-refractivity contribution in [3.8, 4) is 11.1 Å². The van der Waals surface area contributed by atoms with E-state index in [1.54, 1.807) is 11.8 Å². The summed E-state index contributed by atoms with van der Waals surface area (Å²) in [4.78, 5) is 26.9. The Bertz CT molecular complexity index is 1480. The second-order valence-electron chi connectivity index (χ2n) is 10.3. The third-order valence-corrected chi connectivity index (χ3v) is 8.15. The van der Waals surface area contributed by atoms with Crippen molar-refractivity contribution in [2.45, 2.75) is 62.5 Å². The molecular formula is C32H34N4O6S. The van der Waals surface area contributed by atoms with Crippen LogP contribution in [0.4, 0.5) is 0 Å². The Hall–Kier alpha value is -4.03. The highest BCUT2D eigenvalue weighted by Gasteiger charge is 2.32. The lowest BCUT2D eigenvalue weighted by molar-refractivity contribution is -0.245. The topological polar surface area (TPSA) is 147 Å². The molecule has 0 bridgehead atoms. The first kappa shape index (κ1) is 30.4. The maximum atomic E-state index is 12.1. The van der Waals surface area contributed by atoms with Gasteiger partial charge in [-0.1, -0.05) is 78.5 Å². The Morgan fingerprint density at radius 1 is 0.953 bits per heavy atom. The molecule has 10 nitrogen and oxygen atoms in total. The average Bonchev–Trinajstić information content (AvgIpc) is 3.57. The number of hydrogen-bond donors (Lipinski definition) is 4. The second kappa shape index (κ2) is 14.9. The summed E-state index contributed by atoms with van der Waals surface area (Å²) < 4.78 is 12.9. The summed E-state index contributed by atoms with van der Waals surface area (Å²) in [6.07, 6.45) is 1.82. The molecule has 2 heterocycles. The molecule has 4 aromatic rings. The van der Waals surface area contributed by atoms with Gasteiger partial charge in [-0.15, -0.1) is 0 Å². The van der Waals surface area contributed by atoms with Crippen molar-refractivity contribution >= 4 is 23.6 Å². The Morgan fingerprint density at radius 2 is 1.74 bits per heavy atom. The number of carboxylic acid groups (broad SMARTS) is 1. The van der Waals surface area contributed by atoms with E-state index in [1.165, 1.54) is 6.33 Å². The monoisotopic (exact) mass is 602 g/mol. The van der Waals surface area contributed by atoms with Gasteiger partial charge in [0.1, 0.15) is 6.33 Å². The van der Waals surface area contributed by atoms with Crippen LogP contribution in [-0.2, 0) is 32.2 Å². The molecule has 0 radical (unpaired) electrons. The molecule has 4 N–H and O–H groups in total. The Labute approximate surface area is 253 Å². The fourth-order valence-corrected chi connectivity index (χ4v) is 5.64. The van der Waals surface area contributed by atoms with Crippen LogP contribution in [0, 0.1) is 0 Å². The Kier molecular flexibility index (Phi) is 10.6. The van der Waals surface area contributed by atoms with Crippen LogP contribution in [-0.4, -0.2) is 49.1 Å². The number of thioether (sulfide) groups is 1. The Morgan fingerprint density at radius 3 is 2.47 bits per heavy atom. The molecule has 1 fully saturated rings. The molecule has 0 unspecified atom stereocenters. The number of aromatic amines is 1. The number of aliphatic carboxylic acids is 1. The van der Waals surface area contributed by atoms with E-state index in [0.29, 0.717) is 25.1 Å². The minimum atomic E-state index is -0.900. The number of H-pyrrole nitrogens is 1. The molecule has 224 valence electrons. The summed E-state index contributed by atoms with van der Waals surface area (Å²) in [5, 5.41) is 28.6. The number of aliphatic hydroxyl groups excluding tert-OH is 1. The number of carbonyl (C=O) groups excluding carboxylic acids is 1. The van der Waals surface area contributed by atoms with E-state index in [4.69, 9.17) is 14.6 Å². The zero-order valence-electron chi connectivity index (χ0n) is 23.5. The smallest absolute Gasteiger partial charge is 0.303 e. The number of carbonyl (C=O) groups is 2. The predicted octanol–water partition coefficient (Wildman–Crippen LogP) is 5.17. The number of carboxylic acids is 1. The van der Waals surface area contributed by atoms with E-state index in [0.717, 1.165) is 38.5 Å². The van der Waals surface area contributed by atoms with Gasteiger partial charge in [0.05, 0.1) is 18.8 Å². The SMILES string of the molecule is O=C(O)CCCC(=O)NCc1cccc(-c2ccc([C@@H]3O[C@H](CSc4ncn[nH]4)C[C@H](c4ccc(CO)cc4)O3)cc2)c1. The zero-order valence-corrected chi connectivity index (χ0v) is 24.3. The van der Waals surface area contributed by atoms with Crippen LogP contribution in [0.5, 0.6) is 0 Å². The first-order chi connectivity index (χ1) is 21.0. The fraction of sp³-hybridized carbons (Fsp3) is 0.312. The van der Waals surface area contributed by atoms with E-state index in [-0.39, 0.29) is 37.6 Å². The molecule has 43 heavy (non-hydrogen) atoms. The molecular weight excluding hydrogens is 568 g/mol. The van der Waals surface area contributed by atoms with Gasteiger partial charge < -0.3 is 25.0 Å². The van der Waals surface area contributed by atoms with Crippen molar-refractivity contribution in [2.75, 3.05) is 5.75 Å². The number of ether oxygens (including phenoxy) is 2. The van der Waals surface area contributed by atoms with Gasteiger partial charge in [-0.3, -0.25) is 14.7 Å². The third kappa shape index (κ3) is 8.74. The summed E-state index contributed by atoms with van der Waals surface area (Å²) in [5.74, 6) is -0.381. The molecule has 5 rings (SSSR count). The number of aliphatic hydroxyl groups is 1. The van der Waals surface area contributed by atoms with E-state index >= 15 is 0 Å². The first-order valence-corrected chi connectivity index (χ1v) is 15.1. The van der Waals surface area contributed by atoms with Crippen molar-refractivity contribution in [3.63, 3.8) is 0 Å². The summed E-state index contributed by atoms with van der Waals surface area (Å²) in [7, 11) is 0. The number of benzene rings is 3. The van der Waals surface area contributed by atoms with E-state index in [2.05, 4.69) is 20.5 Å². The summed E-state index contributed by atoms with van der Waals surface area (Å²) in [5.41, 5.74) is 5.76. The van der Waals surface area contributed by atoms with Crippen LogP contribution < -0.4 is 5.32 Å². The first-order valence-electron chi connectivity index (χ1n) is 14.1. The van der Waals surface area contributed by atoms with Gasteiger partial charge in [0.2, 0.25) is 5.91 Å². The molecule has 1 amide bonds. The average molecular weight is 603 g/mol. The summed E-state index contributed by atoms with van der Waals surface area (Å²) in [6.45, 7) is 0.363. The van der Waals surface area contributed by atoms with Gasteiger partial charge in [-0.2, -0.15) is 5.10 Å². The van der Waals surface area contributed by atoms with Crippen molar-refractivity contribution in [1.82, 2.24) is 20.5 Å². The maximum Gasteiger partial charge on any atom is 0.303 e. The molecule has 11 heteroatoms. The van der Waals surface area contributed by atoms with E-state index in [9.17, 15) is 14.7 Å². The number of hydrogen-bond acceptors (Lipinski definition) is 8. The zero-order chi connectivity index (χ0) is 30.0. The van der Waals surface area contributed by atoms with Crippen LogP contribution in [0.2, 0.25) is 0 Å². The molecule has 1 aliphatic heterocycles. The van der Waals surface area contributed by atoms with Crippen molar-refractivity contribution < 1.29 is 29.3 Å². The van der Waals surface area contributed by atoms with Gasteiger partial charge in [0.25, 0.3) is 0 Å². The highest BCUT2D eigenvalue weighted by molar-refractivity contribution is 7.99. The number of aromatic nitrogens is 3. The Balaban J connectivity index is 1.25. The number of amides is 1. The van der Waals surface area contributed by atoms with Gasteiger partial charge in [0.15, 0.2) is 11.4 Å². The fourth-order valence-electron chi connectivity index (χ4n) is 4.84. The number of rotatable bonds is 13. The largest absolute Gasteiger partial charge is 0.481 e. The minimum absolute atomic E-state index is 0.00746. The molecule has 3 atom stereocenters. The van der Waals surface area contributed by atoms with Crippen molar-refractivity contribution in [3.05, 3.63) is 101 Å². The van der Waals surface area contributed by atoms with Crippen LogP contribution in [0.3, 0.4) is 0 Å². The molecule has 1 saturated heterocycles. The van der Waals surface area contributed by atoms with Crippen LogP contribution in [0.1, 0.15) is 60.3 Å². The lowest BCUT2D eigenvalue weighted by atomic mass is 9.99. The highest BCUT2D eigenvalue weighted by Crippen LogP contribution is 2.39. The maximum absolute atomic E-state index is 12.1. The van der Waals surface area contributed by atoms with Crippen molar-refractivity contribution in [2.24, 2.45) is 0 Å². The normalized spacial score (nSPS) is 18.3. The standard InChI is InChI=1S/C32H34N4O6S/c37-18-21-7-9-24(10-8-21)28-16-27(19-43-32-34-20-35-36-32)41-31(42-28)25-13-11-23(12-14-25)26-4-1-3-22(15-26)17-33-29(38)5-2-6-30(39)40/h1,3-4,7-15,20,27-28,31,37H,2,5-6,16-19H2,(H,33,38)(H,39,40)(H,34,35,36)/t27-,28+,31+/m0/s1. The summed E-state index contributed by atoms with van der Waals surface area (Å²) >= 11 is 1.55. The minimum Gasteiger partial charge on any atom is -0.481 e. The third-order valence-electron chi connectivity index (χ3n) is 7.14. The lowest BCUT2D eigenvalue weighted by Gasteiger charge is -2.36. The van der Waals surface area contributed by atoms with Crippen LogP contribution in [0.25, 0.3) is 11.1 Å². The lowest BCUT2D eigenvalue weighted by Crippen LogP contribution is -2.31. The van der Waals surface area contributed by atoms with Crippen LogP contribution in [0.15, 0.2) is 84.3 Å². The van der Waals surface area contributed by atoms with Gasteiger partial charge >= 0.3 is 5.97 Å². The van der Waals surface area contributed by atoms with Crippen molar-refractivity contribution in [1.29, 1.82) is 0 Å². The number of nitrogens with zero attached hydrogens (tertiary/aromatic N) is 2. The summed E-state index contributed by atoms with van der Waals surface area (Å²) in [6, 6.07) is 23.8. The quantitative estimate of drug-likeness (QED) is 0.152. The molecule has 1 aliphatic rings. The van der Waals surface area contributed by atoms with Gasteiger partial charge in [-0.25, -0.2) is 4.98 Å². The molecule has 0 spiro atoms. The highest BCUT2D eigenvalue weighted by atomic mass is 32.2. The van der Waals surface area contributed by atoms with E-state index < -0.39 is 12.3 Å². The molecule has 3 aromatic carbocycles. The van der Waals surface area contributed by atoms with Crippen LogP contribution >= 0.6 is 11.8 Å².